The second-order valence-electron chi connectivity index (χ2n) is 7.90. The van der Waals surface area contributed by atoms with Crippen LogP contribution in [0.1, 0.15) is 20.3 Å². The maximum atomic E-state index is 12.3. The van der Waals surface area contributed by atoms with Gasteiger partial charge in [0.25, 0.3) is 5.56 Å². The molecular weight excluding hydrogens is 452 g/mol. The first-order valence-electron chi connectivity index (χ1n) is 11.2. The van der Waals surface area contributed by atoms with Crippen molar-refractivity contribution in [3.8, 4) is 34.1 Å². The number of ether oxygens (including phenoxy) is 2. The fraction of sp³-hybridized carbons (Fsp3) is 0.348. The summed E-state index contributed by atoms with van der Waals surface area (Å²) in [4.78, 5) is 25.5. The predicted molar refractivity (Wildman–Crippen MR) is 130 cm³/mol. The van der Waals surface area contributed by atoms with Gasteiger partial charge in [0.1, 0.15) is 22.9 Å². The Bertz CT molecular complexity index is 1360. The van der Waals surface area contributed by atoms with Crippen LogP contribution < -0.4 is 20.3 Å². The minimum Gasteiger partial charge on any atom is -0.490 e. The Labute approximate surface area is 201 Å². The van der Waals surface area contributed by atoms with E-state index in [1.807, 2.05) is 27.1 Å². The van der Waals surface area contributed by atoms with Crippen LogP contribution in [0.5, 0.6) is 11.6 Å². The zero-order chi connectivity index (χ0) is 24.9. The maximum Gasteiger partial charge on any atom is 0.277 e. The van der Waals surface area contributed by atoms with E-state index in [9.17, 15) is 9.90 Å². The average molecular weight is 481 g/mol. The van der Waals surface area contributed by atoms with Gasteiger partial charge in [-0.25, -0.2) is 15.0 Å². The number of anilines is 2. The second kappa shape index (κ2) is 10.4. The molecule has 0 bridgehead atoms. The van der Waals surface area contributed by atoms with Gasteiger partial charge in [0.05, 0.1) is 18.3 Å². The molecule has 4 aromatic rings. The van der Waals surface area contributed by atoms with Gasteiger partial charge in [-0.1, -0.05) is 0 Å². The number of aliphatic hydroxyl groups is 1. The Kier molecular flexibility index (Phi) is 7.11. The zero-order valence-electron chi connectivity index (χ0n) is 20.0. The molecule has 0 amide bonds. The molecular formula is C23H28N8O4. The van der Waals surface area contributed by atoms with E-state index in [-0.39, 0.29) is 18.3 Å². The van der Waals surface area contributed by atoms with Gasteiger partial charge in [0.2, 0.25) is 5.88 Å². The highest BCUT2D eigenvalue weighted by atomic mass is 16.5. The summed E-state index contributed by atoms with van der Waals surface area (Å²) in [7, 11) is 3.44. The fourth-order valence-electron chi connectivity index (χ4n) is 3.47. The van der Waals surface area contributed by atoms with E-state index in [0.717, 1.165) is 5.56 Å². The minimum absolute atomic E-state index is 0.00606. The number of nitrogens with zero attached hydrogens (tertiary/aromatic N) is 6. The molecule has 184 valence electrons. The summed E-state index contributed by atoms with van der Waals surface area (Å²) >= 11 is 0. The highest BCUT2D eigenvalue weighted by Crippen LogP contribution is 2.37. The van der Waals surface area contributed by atoms with Crippen LogP contribution in [0.2, 0.25) is 0 Å². The molecule has 0 aromatic carbocycles. The molecule has 0 aliphatic heterocycles. The van der Waals surface area contributed by atoms with Crippen LogP contribution in [0.3, 0.4) is 0 Å². The third-order valence-electron chi connectivity index (χ3n) is 5.19. The van der Waals surface area contributed by atoms with Crippen molar-refractivity contribution in [2.75, 3.05) is 18.5 Å². The van der Waals surface area contributed by atoms with Crippen molar-refractivity contribution in [3.05, 3.63) is 47.3 Å². The van der Waals surface area contributed by atoms with Crippen LogP contribution >= 0.6 is 0 Å². The number of H-pyrrole nitrogens is 1. The van der Waals surface area contributed by atoms with Crippen molar-refractivity contribution in [2.45, 2.75) is 26.4 Å². The molecule has 0 aliphatic rings. The molecule has 0 aliphatic carbocycles. The van der Waals surface area contributed by atoms with Gasteiger partial charge < -0.3 is 25.0 Å². The van der Waals surface area contributed by atoms with E-state index >= 15 is 0 Å². The molecule has 4 heterocycles. The van der Waals surface area contributed by atoms with Crippen LogP contribution in [0.25, 0.3) is 22.5 Å². The first-order chi connectivity index (χ1) is 16.9. The van der Waals surface area contributed by atoms with Crippen molar-refractivity contribution in [1.82, 2.24) is 34.5 Å². The number of aromatic amines is 1. The van der Waals surface area contributed by atoms with Gasteiger partial charge in [-0.2, -0.15) is 0 Å². The molecule has 0 saturated heterocycles. The average Bonchev–Trinajstić information content (AvgIpc) is 3.36. The lowest BCUT2D eigenvalue weighted by Crippen LogP contribution is -2.14. The number of nitrogens with one attached hydrogen (secondary N) is 2. The van der Waals surface area contributed by atoms with E-state index in [0.29, 0.717) is 53.2 Å². The highest BCUT2D eigenvalue weighted by Gasteiger charge is 2.19. The van der Waals surface area contributed by atoms with Crippen LogP contribution in [0, 0.1) is 0 Å². The molecule has 4 rings (SSSR count). The summed E-state index contributed by atoms with van der Waals surface area (Å²) in [5.41, 5.74) is 1.59. The molecule has 4 aromatic heterocycles. The first-order valence-corrected chi connectivity index (χ1v) is 11.2. The molecule has 0 radical (unpaired) electrons. The molecule has 35 heavy (non-hydrogen) atoms. The summed E-state index contributed by atoms with van der Waals surface area (Å²) in [6.45, 7) is 4.25. The van der Waals surface area contributed by atoms with E-state index in [1.165, 1.54) is 4.68 Å². The summed E-state index contributed by atoms with van der Waals surface area (Å²) in [5, 5.41) is 19.7. The molecule has 0 fully saturated rings. The number of hydrogen-bond donors (Lipinski definition) is 3. The van der Waals surface area contributed by atoms with Crippen molar-refractivity contribution in [1.29, 1.82) is 0 Å². The maximum absolute atomic E-state index is 12.3. The number of aromatic nitrogens is 7. The topological polar surface area (TPSA) is 145 Å². The molecule has 0 unspecified atom stereocenters. The van der Waals surface area contributed by atoms with Crippen molar-refractivity contribution < 1.29 is 14.6 Å². The van der Waals surface area contributed by atoms with Gasteiger partial charge in [0.15, 0.2) is 5.82 Å². The minimum atomic E-state index is -0.239. The van der Waals surface area contributed by atoms with Gasteiger partial charge >= 0.3 is 0 Å². The van der Waals surface area contributed by atoms with E-state index in [1.54, 1.807) is 42.5 Å². The second-order valence-corrected chi connectivity index (χ2v) is 7.90. The summed E-state index contributed by atoms with van der Waals surface area (Å²) < 4.78 is 14.9. The SMILES string of the molecule is CCOc1nn(C)cc1-c1cnc(Nc2ccnc(-c3c[nH]n(C)c3=O)n2)cc1O[C@@H](C)CCO. The van der Waals surface area contributed by atoms with Gasteiger partial charge in [0, 0.05) is 63.5 Å². The molecule has 0 spiro atoms. The lowest BCUT2D eigenvalue weighted by atomic mass is 10.1. The summed E-state index contributed by atoms with van der Waals surface area (Å²) in [5.74, 6) is 2.26. The van der Waals surface area contributed by atoms with Gasteiger partial charge in [-0.15, -0.1) is 5.10 Å². The number of rotatable bonds is 10. The Balaban J connectivity index is 1.68. The lowest BCUT2D eigenvalue weighted by molar-refractivity contribution is 0.169. The molecule has 12 heteroatoms. The molecule has 12 nitrogen and oxygen atoms in total. The number of hydrogen-bond acceptors (Lipinski definition) is 9. The third kappa shape index (κ3) is 5.32. The number of pyridine rings is 1. The van der Waals surface area contributed by atoms with Crippen LogP contribution in [-0.4, -0.2) is 58.9 Å². The van der Waals surface area contributed by atoms with Crippen LogP contribution in [0.15, 0.2) is 41.7 Å². The number of aryl methyl sites for hydroxylation is 2. The largest absolute Gasteiger partial charge is 0.490 e. The number of aliphatic hydroxyl groups excluding tert-OH is 1. The van der Waals surface area contributed by atoms with Crippen LogP contribution in [0.4, 0.5) is 11.6 Å². The monoisotopic (exact) mass is 480 g/mol. The Morgan fingerprint density at radius 3 is 2.74 bits per heavy atom. The van der Waals surface area contributed by atoms with E-state index in [4.69, 9.17) is 9.47 Å². The quantitative estimate of drug-likeness (QED) is 0.311. The van der Waals surface area contributed by atoms with E-state index < -0.39 is 0 Å². The standard InChI is InChI=1S/C23H28N8O4/c1-5-34-22-17(13-30(3)29-22)15-11-25-20(10-18(15)35-14(2)7-9-32)27-19-6-8-24-21(28-19)16-12-26-31(4)23(16)33/h6,8,10-14,26,32H,5,7,9H2,1-4H3,(H,24,25,27,28)/t14-/m0/s1. The Morgan fingerprint density at radius 1 is 1.20 bits per heavy atom. The smallest absolute Gasteiger partial charge is 0.277 e. The first kappa shape index (κ1) is 24.0. The predicted octanol–water partition coefficient (Wildman–Crippen LogP) is 2.26. The van der Waals surface area contributed by atoms with Crippen molar-refractivity contribution in [3.63, 3.8) is 0 Å². The zero-order valence-corrected chi connectivity index (χ0v) is 20.0. The highest BCUT2D eigenvalue weighted by molar-refractivity contribution is 5.75. The Hall–Kier alpha value is -4.19. The summed E-state index contributed by atoms with van der Waals surface area (Å²) in [6.07, 6.45) is 6.87. The van der Waals surface area contributed by atoms with Gasteiger partial charge in [-0.3, -0.25) is 14.2 Å². The molecule has 0 saturated carbocycles. The molecule has 1 atom stereocenters. The molecule has 3 N–H and O–H groups in total. The normalized spacial score (nSPS) is 11.9. The Morgan fingerprint density at radius 2 is 2.03 bits per heavy atom. The van der Waals surface area contributed by atoms with Crippen molar-refractivity contribution in [2.24, 2.45) is 14.1 Å². The third-order valence-corrected chi connectivity index (χ3v) is 5.19. The fourth-order valence-corrected chi connectivity index (χ4v) is 3.47. The lowest BCUT2D eigenvalue weighted by Gasteiger charge is -2.18. The van der Waals surface area contributed by atoms with Crippen LogP contribution in [-0.2, 0) is 14.1 Å². The summed E-state index contributed by atoms with van der Waals surface area (Å²) in [6, 6.07) is 3.43. The van der Waals surface area contributed by atoms with E-state index in [2.05, 4.69) is 30.5 Å². The van der Waals surface area contributed by atoms with Gasteiger partial charge in [-0.05, 0) is 19.9 Å². The van der Waals surface area contributed by atoms with Crippen molar-refractivity contribution >= 4 is 11.6 Å².